The maximum atomic E-state index is 11.9. The molecule has 6 nitrogen and oxygen atoms in total. The second-order valence-electron chi connectivity index (χ2n) is 6.33. The predicted molar refractivity (Wildman–Crippen MR) is 107 cm³/mol. The summed E-state index contributed by atoms with van der Waals surface area (Å²) in [6, 6.07) is 5.68. The van der Waals surface area contributed by atoms with Crippen LogP contribution >= 0.6 is 11.3 Å². The zero-order valence-electron chi connectivity index (χ0n) is 15.9. The van der Waals surface area contributed by atoms with Crippen LogP contribution in [0.3, 0.4) is 0 Å². The number of rotatable bonds is 9. The second kappa shape index (κ2) is 9.87. The summed E-state index contributed by atoms with van der Waals surface area (Å²) in [7, 11) is 0. The Bertz CT molecular complexity index is 830. The van der Waals surface area contributed by atoms with Crippen LogP contribution in [-0.4, -0.2) is 23.4 Å². The number of thiazole rings is 1. The van der Waals surface area contributed by atoms with Gasteiger partial charge in [0, 0.05) is 23.2 Å². The fourth-order valence-electron chi connectivity index (χ4n) is 2.26. The van der Waals surface area contributed by atoms with Gasteiger partial charge in [-0.3, -0.25) is 9.59 Å². The monoisotopic (exact) mass is 387 g/mol. The molecule has 0 bridgehead atoms. The number of aryl methyl sites for hydroxylation is 3. The topological polar surface area (TPSA) is 80.3 Å². The van der Waals surface area contributed by atoms with Crippen LogP contribution in [0.5, 0.6) is 5.75 Å². The molecule has 2 amide bonds. The molecule has 0 saturated heterocycles. The lowest BCUT2D eigenvalue weighted by Gasteiger charge is -2.10. The van der Waals surface area contributed by atoms with Gasteiger partial charge >= 0.3 is 0 Å². The summed E-state index contributed by atoms with van der Waals surface area (Å²) in [6.07, 6.45) is 2.41. The highest BCUT2D eigenvalue weighted by molar-refractivity contribution is 7.11. The molecule has 0 atom stereocenters. The summed E-state index contributed by atoms with van der Waals surface area (Å²) in [4.78, 5) is 29.1. The van der Waals surface area contributed by atoms with Gasteiger partial charge < -0.3 is 15.4 Å². The van der Waals surface area contributed by atoms with E-state index >= 15 is 0 Å². The molecule has 0 aliphatic heterocycles. The van der Waals surface area contributed by atoms with E-state index in [1.807, 2.05) is 39.0 Å². The van der Waals surface area contributed by atoms with Gasteiger partial charge in [-0.25, -0.2) is 4.98 Å². The summed E-state index contributed by atoms with van der Waals surface area (Å²) >= 11 is 1.55. The highest BCUT2D eigenvalue weighted by Crippen LogP contribution is 2.16. The minimum atomic E-state index is -0.295. The summed E-state index contributed by atoms with van der Waals surface area (Å²) < 4.78 is 5.48. The quantitative estimate of drug-likeness (QED) is 0.693. The SMILES string of the molecule is C=C(CCC(=O)NCc1ncc(C)s1)NC(=O)COc1ccc(C)c(C)c1. The lowest BCUT2D eigenvalue weighted by Crippen LogP contribution is -2.29. The van der Waals surface area contributed by atoms with Crippen LogP contribution in [0, 0.1) is 20.8 Å². The standard InChI is InChI=1S/C20H25N3O3S/c1-13-5-7-17(9-14(13)2)26-12-19(25)23-15(3)6-8-18(24)21-11-20-22-10-16(4)27-20/h5,7,9-10H,3,6,8,11-12H2,1-2,4H3,(H,21,24)(H,23,25). The van der Waals surface area contributed by atoms with Gasteiger partial charge in [-0.15, -0.1) is 11.3 Å². The lowest BCUT2D eigenvalue weighted by molar-refractivity contribution is -0.123. The normalized spacial score (nSPS) is 10.3. The van der Waals surface area contributed by atoms with E-state index in [-0.39, 0.29) is 24.8 Å². The van der Waals surface area contributed by atoms with Gasteiger partial charge in [-0.2, -0.15) is 0 Å². The average molecular weight is 388 g/mol. The van der Waals surface area contributed by atoms with Gasteiger partial charge in [0.2, 0.25) is 5.91 Å². The van der Waals surface area contributed by atoms with Crippen LogP contribution in [0.2, 0.25) is 0 Å². The third kappa shape index (κ3) is 7.22. The molecule has 0 radical (unpaired) electrons. The van der Waals surface area contributed by atoms with Gasteiger partial charge in [0.25, 0.3) is 5.91 Å². The molecule has 7 heteroatoms. The number of nitrogens with zero attached hydrogens (tertiary/aromatic N) is 1. The third-order valence-corrected chi connectivity index (χ3v) is 4.84. The zero-order chi connectivity index (χ0) is 19.8. The van der Waals surface area contributed by atoms with Crippen molar-refractivity contribution in [3.05, 3.63) is 57.7 Å². The Kier molecular flexibility index (Phi) is 7.55. The summed E-state index contributed by atoms with van der Waals surface area (Å²) in [5.74, 6) is 0.247. The first-order valence-corrected chi connectivity index (χ1v) is 9.51. The number of hydrogen-bond donors (Lipinski definition) is 2. The highest BCUT2D eigenvalue weighted by atomic mass is 32.1. The van der Waals surface area contributed by atoms with Crippen LogP contribution < -0.4 is 15.4 Å². The number of carbonyl (C=O) groups is 2. The first kappa shape index (κ1) is 20.6. The van der Waals surface area contributed by atoms with E-state index in [4.69, 9.17) is 4.74 Å². The molecule has 0 spiro atoms. The predicted octanol–water partition coefficient (Wildman–Crippen LogP) is 3.17. The Hall–Kier alpha value is -2.67. The number of amides is 2. The van der Waals surface area contributed by atoms with Crippen molar-refractivity contribution >= 4 is 23.2 Å². The van der Waals surface area contributed by atoms with E-state index in [9.17, 15) is 9.59 Å². The van der Waals surface area contributed by atoms with Crippen LogP contribution in [-0.2, 0) is 16.1 Å². The second-order valence-corrected chi connectivity index (χ2v) is 7.65. The van der Waals surface area contributed by atoms with Crippen molar-refractivity contribution in [1.82, 2.24) is 15.6 Å². The van der Waals surface area contributed by atoms with Crippen molar-refractivity contribution in [1.29, 1.82) is 0 Å². The number of benzene rings is 1. The highest BCUT2D eigenvalue weighted by Gasteiger charge is 2.08. The van der Waals surface area contributed by atoms with Crippen LogP contribution in [0.25, 0.3) is 0 Å². The van der Waals surface area contributed by atoms with E-state index in [0.717, 1.165) is 15.4 Å². The Morgan fingerprint density at radius 2 is 1.93 bits per heavy atom. The van der Waals surface area contributed by atoms with E-state index in [2.05, 4.69) is 22.2 Å². The van der Waals surface area contributed by atoms with Gasteiger partial charge in [0.1, 0.15) is 10.8 Å². The number of hydrogen-bond acceptors (Lipinski definition) is 5. The van der Waals surface area contributed by atoms with Crippen LogP contribution in [0.15, 0.2) is 36.7 Å². The minimum absolute atomic E-state index is 0.100. The molecule has 27 heavy (non-hydrogen) atoms. The molecule has 0 fully saturated rings. The molecule has 1 heterocycles. The molecule has 0 unspecified atom stereocenters. The van der Waals surface area contributed by atoms with Gasteiger partial charge in [0.15, 0.2) is 6.61 Å². The molecule has 1 aromatic heterocycles. The van der Waals surface area contributed by atoms with Gasteiger partial charge in [0.05, 0.1) is 6.54 Å². The van der Waals surface area contributed by atoms with E-state index in [0.29, 0.717) is 24.4 Å². The number of aromatic nitrogens is 1. The Labute approximate surface area is 163 Å². The Balaban J connectivity index is 1.64. The average Bonchev–Trinajstić information content (AvgIpc) is 3.04. The van der Waals surface area contributed by atoms with Crippen molar-refractivity contribution in [2.45, 2.75) is 40.2 Å². The number of nitrogens with one attached hydrogen (secondary N) is 2. The fourth-order valence-corrected chi connectivity index (χ4v) is 2.99. The molecule has 2 aromatic rings. The van der Waals surface area contributed by atoms with Crippen LogP contribution in [0.1, 0.15) is 33.9 Å². The van der Waals surface area contributed by atoms with E-state index in [1.165, 1.54) is 5.56 Å². The molecule has 2 rings (SSSR count). The minimum Gasteiger partial charge on any atom is -0.484 e. The van der Waals surface area contributed by atoms with E-state index < -0.39 is 0 Å². The number of carbonyl (C=O) groups excluding carboxylic acids is 2. The maximum absolute atomic E-state index is 11.9. The molecule has 0 aliphatic rings. The van der Waals surface area contributed by atoms with Crippen molar-refractivity contribution in [2.75, 3.05) is 6.61 Å². The smallest absolute Gasteiger partial charge is 0.262 e. The van der Waals surface area contributed by atoms with Crippen molar-refractivity contribution < 1.29 is 14.3 Å². The molecule has 0 saturated carbocycles. The van der Waals surface area contributed by atoms with Gasteiger partial charge in [-0.1, -0.05) is 12.6 Å². The van der Waals surface area contributed by atoms with Crippen molar-refractivity contribution in [2.24, 2.45) is 0 Å². The number of ether oxygens (including phenoxy) is 1. The number of allylic oxidation sites excluding steroid dienone is 1. The van der Waals surface area contributed by atoms with E-state index in [1.54, 1.807) is 17.5 Å². The van der Waals surface area contributed by atoms with Crippen LogP contribution in [0.4, 0.5) is 0 Å². The Morgan fingerprint density at radius 3 is 2.59 bits per heavy atom. The zero-order valence-corrected chi connectivity index (χ0v) is 16.7. The fraction of sp³-hybridized carbons (Fsp3) is 0.350. The maximum Gasteiger partial charge on any atom is 0.262 e. The lowest BCUT2D eigenvalue weighted by atomic mass is 10.1. The summed E-state index contributed by atoms with van der Waals surface area (Å²) in [6.45, 7) is 10.1. The largest absolute Gasteiger partial charge is 0.484 e. The molecule has 0 aliphatic carbocycles. The molecule has 144 valence electrons. The summed E-state index contributed by atoms with van der Waals surface area (Å²) in [5.41, 5.74) is 2.77. The molecule has 1 aromatic carbocycles. The summed E-state index contributed by atoms with van der Waals surface area (Å²) in [5, 5.41) is 6.34. The first-order valence-electron chi connectivity index (χ1n) is 8.69. The molecular weight excluding hydrogens is 362 g/mol. The van der Waals surface area contributed by atoms with Crippen molar-refractivity contribution in [3.63, 3.8) is 0 Å². The first-order chi connectivity index (χ1) is 12.8. The van der Waals surface area contributed by atoms with Crippen molar-refractivity contribution in [3.8, 4) is 5.75 Å². The Morgan fingerprint density at radius 1 is 1.15 bits per heavy atom. The van der Waals surface area contributed by atoms with Gasteiger partial charge in [-0.05, 0) is 50.5 Å². The molecular formula is C20H25N3O3S. The third-order valence-electron chi connectivity index (χ3n) is 3.92. The molecule has 2 N–H and O–H groups in total.